The third-order valence-corrected chi connectivity index (χ3v) is 4.92. The lowest BCUT2D eigenvalue weighted by atomic mass is 9.77. The molecule has 0 amide bonds. The molecule has 2 nitrogen and oxygen atoms in total. The Bertz CT molecular complexity index is 435. The normalized spacial score (nSPS) is 23.3. The van der Waals surface area contributed by atoms with Crippen molar-refractivity contribution < 1.29 is 5.11 Å². The molecule has 1 saturated heterocycles. The van der Waals surface area contributed by atoms with Crippen LogP contribution in [0.2, 0.25) is 0 Å². The van der Waals surface area contributed by atoms with Crippen molar-refractivity contribution in [3.63, 3.8) is 0 Å². The van der Waals surface area contributed by atoms with Gasteiger partial charge in [-0.2, -0.15) is 0 Å². The van der Waals surface area contributed by atoms with Gasteiger partial charge in [0, 0.05) is 11.6 Å². The lowest BCUT2D eigenvalue weighted by Gasteiger charge is -2.31. The molecule has 2 heteroatoms. The van der Waals surface area contributed by atoms with Crippen molar-refractivity contribution in [2.45, 2.75) is 53.0 Å². The van der Waals surface area contributed by atoms with Crippen LogP contribution in [0.15, 0.2) is 24.3 Å². The molecule has 0 aromatic heterocycles. The molecule has 2 atom stereocenters. The minimum atomic E-state index is 0.301. The van der Waals surface area contributed by atoms with Crippen LogP contribution in [0.1, 0.15) is 58.6 Å². The lowest BCUT2D eigenvalue weighted by molar-refractivity contribution is 0.188. The molecule has 1 aliphatic heterocycles. The summed E-state index contributed by atoms with van der Waals surface area (Å²) in [5.74, 6) is 1.24. The molecule has 1 aromatic rings. The van der Waals surface area contributed by atoms with Gasteiger partial charge in [0.05, 0.1) is 0 Å². The fourth-order valence-corrected chi connectivity index (χ4v) is 3.41. The van der Waals surface area contributed by atoms with Gasteiger partial charge in [-0.15, -0.1) is 0 Å². The highest BCUT2D eigenvalue weighted by atomic mass is 16.3. The summed E-state index contributed by atoms with van der Waals surface area (Å²) in [6.45, 7) is 11.6. The number of rotatable bonds is 2. The monoisotopic (exact) mass is 275 g/mol. The van der Waals surface area contributed by atoms with Gasteiger partial charge in [0.1, 0.15) is 5.75 Å². The topological polar surface area (TPSA) is 23.5 Å². The zero-order valence-electron chi connectivity index (χ0n) is 13.4. The zero-order valence-corrected chi connectivity index (χ0v) is 13.4. The molecule has 2 unspecified atom stereocenters. The van der Waals surface area contributed by atoms with Gasteiger partial charge >= 0.3 is 0 Å². The van der Waals surface area contributed by atoms with Crippen molar-refractivity contribution in [3.05, 3.63) is 29.8 Å². The molecule has 112 valence electrons. The van der Waals surface area contributed by atoms with Crippen LogP contribution in [0.3, 0.4) is 0 Å². The Kier molecular flexibility index (Phi) is 4.74. The average Bonchev–Trinajstić information content (AvgIpc) is 2.63. The van der Waals surface area contributed by atoms with E-state index in [0.29, 0.717) is 17.2 Å². The summed E-state index contributed by atoms with van der Waals surface area (Å²) in [7, 11) is 0. The van der Waals surface area contributed by atoms with Crippen LogP contribution < -0.4 is 0 Å². The number of hydrogen-bond donors (Lipinski definition) is 1. The third kappa shape index (κ3) is 3.54. The van der Waals surface area contributed by atoms with Crippen molar-refractivity contribution in [1.82, 2.24) is 4.90 Å². The summed E-state index contributed by atoms with van der Waals surface area (Å²) < 4.78 is 0. The number of phenolic OH excluding ortho intramolecular Hbond substituents is 1. The van der Waals surface area contributed by atoms with E-state index in [1.54, 1.807) is 6.07 Å². The van der Waals surface area contributed by atoms with E-state index in [9.17, 15) is 5.11 Å². The largest absolute Gasteiger partial charge is 0.508 e. The first-order valence-electron chi connectivity index (χ1n) is 7.91. The molecule has 1 fully saturated rings. The van der Waals surface area contributed by atoms with Crippen molar-refractivity contribution in [1.29, 1.82) is 0 Å². The Hall–Kier alpha value is -1.02. The van der Waals surface area contributed by atoms with Crippen molar-refractivity contribution in [3.8, 4) is 5.75 Å². The Labute approximate surface area is 123 Å². The number of benzene rings is 1. The summed E-state index contributed by atoms with van der Waals surface area (Å²) in [6, 6.07) is 8.05. The van der Waals surface area contributed by atoms with Gasteiger partial charge < -0.3 is 5.11 Å². The molecule has 1 N–H and O–H groups in total. The van der Waals surface area contributed by atoms with Gasteiger partial charge in [-0.3, -0.25) is 4.90 Å². The van der Waals surface area contributed by atoms with Crippen molar-refractivity contribution >= 4 is 0 Å². The predicted molar refractivity (Wildman–Crippen MR) is 84.9 cm³/mol. The molecule has 1 aliphatic rings. The van der Waals surface area contributed by atoms with E-state index in [-0.39, 0.29) is 0 Å². The van der Waals surface area contributed by atoms with E-state index in [4.69, 9.17) is 0 Å². The number of likely N-dealkylation sites (tertiary alicyclic amines) is 1. The number of aromatic hydroxyl groups is 1. The SMILES string of the molecule is CC(c1ccccc1O)N1CCCC(C(C)(C)C)CC1. The maximum Gasteiger partial charge on any atom is 0.120 e. The van der Waals surface area contributed by atoms with Crippen LogP contribution in [-0.2, 0) is 0 Å². The summed E-state index contributed by atoms with van der Waals surface area (Å²) >= 11 is 0. The lowest BCUT2D eigenvalue weighted by Crippen LogP contribution is -2.29. The zero-order chi connectivity index (χ0) is 14.8. The van der Waals surface area contributed by atoms with Crippen LogP contribution in [0, 0.1) is 11.3 Å². The molecular formula is C18H29NO. The van der Waals surface area contributed by atoms with E-state index in [2.05, 4.69) is 32.6 Å². The molecule has 0 saturated carbocycles. The third-order valence-electron chi connectivity index (χ3n) is 4.92. The minimum Gasteiger partial charge on any atom is -0.508 e. The van der Waals surface area contributed by atoms with E-state index >= 15 is 0 Å². The Morgan fingerprint density at radius 1 is 1.15 bits per heavy atom. The van der Waals surface area contributed by atoms with Gasteiger partial charge in [0.2, 0.25) is 0 Å². The van der Waals surface area contributed by atoms with Gasteiger partial charge in [0.25, 0.3) is 0 Å². The summed E-state index contributed by atoms with van der Waals surface area (Å²) in [5.41, 5.74) is 1.47. The minimum absolute atomic E-state index is 0.301. The van der Waals surface area contributed by atoms with Gasteiger partial charge in [-0.05, 0) is 56.7 Å². The van der Waals surface area contributed by atoms with Crippen LogP contribution in [-0.4, -0.2) is 23.1 Å². The second-order valence-corrected chi connectivity index (χ2v) is 7.26. The second kappa shape index (κ2) is 6.17. The number of phenols is 1. The summed E-state index contributed by atoms with van der Waals surface area (Å²) in [4.78, 5) is 2.53. The van der Waals surface area contributed by atoms with E-state index in [0.717, 1.165) is 24.6 Å². The molecule has 0 radical (unpaired) electrons. The van der Waals surface area contributed by atoms with Gasteiger partial charge in [-0.1, -0.05) is 39.0 Å². The number of para-hydroxylation sites is 1. The highest BCUT2D eigenvalue weighted by Gasteiger charge is 2.29. The fourth-order valence-electron chi connectivity index (χ4n) is 3.41. The first-order chi connectivity index (χ1) is 9.39. The van der Waals surface area contributed by atoms with Crippen molar-refractivity contribution in [2.24, 2.45) is 11.3 Å². The summed E-state index contributed by atoms with van der Waals surface area (Å²) in [6.07, 6.45) is 3.86. The second-order valence-electron chi connectivity index (χ2n) is 7.26. The molecule has 0 bridgehead atoms. The molecule has 1 aromatic carbocycles. The summed E-state index contributed by atoms with van der Waals surface area (Å²) in [5, 5.41) is 10.0. The molecule has 0 spiro atoms. The van der Waals surface area contributed by atoms with Crippen LogP contribution in [0.5, 0.6) is 5.75 Å². The van der Waals surface area contributed by atoms with Gasteiger partial charge in [0.15, 0.2) is 0 Å². The predicted octanol–water partition coefficient (Wildman–Crippen LogP) is 4.60. The van der Waals surface area contributed by atoms with Gasteiger partial charge in [-0.25, -0.2) is 0 Å². The molecule has 20 heavy (non-hydrogen) atoms. The highest BCUT2D eigenvalue weighted by molar-refractivity contribution is 5.34. The molecule has 0 aliphatic carbocycles. The number of nitrogens with zero attached hydrogens (tertiary/aromatic N) is 1. The van der Waals surface area contributed by atoms with Crippen LogP contribution in [0.4, 0.5) is 0 Å². The standard InChI is InChI=1S/C18H29NO/c1-14(16-9-5-6-10-17(16)20)19-12-7-8-15(11-13-19)18(2,3)4/h5-6,9-10,14-15,20H,7-8,11-13H2,1-4H3. The first-order valence-corrected chi connectivity index (χ1v) is 7.91. The molecule has 2 rings (SSSR count). The van der Waals surface area contributed by atoms with Crippen molar-refractivity contribution in [2.75, 3.05) is 13.1 Å². The molecular weight excluding hydrogens is 246 g/mol. The highest BCUT2D eigenvalue weighted by Crippen LogP contribution is 2.36. The Morgan fingerprint density at radius 3 is 2.50 bits per heavy atom. The van der Waals surface area contributed by atoms with E-state index in [1.165, 1.54) is 19.3 Å². The molecule has 1 heterocycles. The fraction of sp³-hybridized carbons (Fsp3) is 0.667. The first kappa shape index (κ1) is 15.4. The average molecular weight is 275 g/mol. The Balaban J connectivity index is 2.05. The van der Waals surface area contributed by atoms with E-state index < -0.39 is 0 Å². The maximum atomic E-state index is 10.0. The van der Waals surface area contributed by atoms with Crippen LogP contribution in [0.25, 0.3) is 0 Å². The van der Waals surface area contributed by atoms with E-state index in [1.807, 2.05) is 18.2 Å². The number of hydrogen-bond acceptors (Lipinski definition) is 2. The Morgan fingerprint density at radius 2 is 1.85 bits per heavy atom. The maximum absolute atomic E-state index is 10.0. The quantitative estimate of drug-likeness (QED) is 0.852. The van der Waals surface area contributed by atoms with Crippen LogP contribution >= 0.6 is 0 Å². The smallest absolute Gasteiger partial charge is 0.120 e.